The summed E-state index contributed by atoms with van der Waals surface area (Å²) in [6, 6.07) is 2.81. The molecule has 1 fully saturated rings. The third-order valence-corrected chi connectivity index (χ3v) is 6.49. The van der Waals surface area contributed by atoms with Crippen LogP contribution >= 0.6 is 0 Å². The van der Waals surface area contributed by atoms with Gasteiger partial charge in [-0.05, 0) is 58.4 Å². The SMILES string of the molecule is C[C@H]1CN(c2ccc(C(F)(F)F)c(CF)c2)C(=O)c2c(B3OC(C)(C)C(C)(C)O3)cnn21. The quantitative estimate of drug-likeness (QED) is 0.523. The van der Waals surface area contributed by atoms with Crippen LogP contribution in [-0.2, 0) is 22.2 Å². The van der Waals surface area contributed by atoms with Gasteiger partial charge in [-0.25, -0.2) is 4.39 Å². The van der Waals surface area contributed by atoms with Crippen molar-refractivity contribution in [1.82, 2.24) is 9.78 Å². The zero-order valence-electron chi connectivity index (χ0n) is 18.5. The summed E-state index contributed by atoms with van der Waals surface area (Å²) in [6.45, 7) is 8.27. The van der Waals surface area contributed by atoms with Crippen LogP contribution in [0.5, 0.6) is 0 Å². The Kier molecular flexibility index (Phi) is 5.21. The monoisotopic (exact) mass is 453 g/mol. The molecule has 0 bridgehead atoms. The van der Waals surface area contributed by atoms with Crippen molar-refractivity contribution in [2.45, 2.75) is 64.7 Å². The summed E-state index contributed by atoms with van der Waals surface area (Å²) in [4.78, 5) is 14.8. The largest absolute Gasteiger partial charge is 0.498 e. The van der Waals surface area contributed by atoms with E-state index < -0.39 is 48.2 Å². The number of fused-ring (bicyclic) bond motifs is 1. The van der Waals surface area contributed by atoms with Crippen LogP contribution in [0.2, 0.25) is 0 Å². The highest BCUT2D eigenvalue weighted by atomic mass is 19.4. The van der Waals surface area contributed by atoms with Gasteiger partial charge in [-0.15, -0.1) is 0 Å². The summed E-state index contributed by atoms with van der Waals surface area (Å²) in [7, 11) is -0.825. The number of halogens is 4. The number of hydrogen-bond acceptors (Lipinski definition) is 4. The van der Waals surface area contributed by atoms with E-state index in [2.05, 4.69) is 5.10 Å². The summed E-state index contributed by atoms with van der Waals surface area (Å²) in [5.41, 5.74) is -1.94. The number of aromatic nitrogens is 2. The summed E-state index contributed by atoms with van der Waals surface area (Å²) < 4.78 is 66.6. The van der Waals surface area contributed by atoms with Gasteiger partial charge in [0.05, 0.1) is 22.8 Å². The van der Waals surface area contributed by atoms with Gasteiger partial charge in [0.15, 0.2) is 0 Å². The van der Waals surface area contributed by atoms with E-state index in [0.29, 0.717) is 5.46 Å². The molecule has 4 rings (SSSR count). The Morgan fingerprint density at radius 1 is 1.19 bits per heavy atom. The first-order valence-corrected chi connectivity index (χ1v) is 10.3. The summed E-state index contributed by atoms with van der Waals surface area (Å²) in [5.74, 6) is -0.463. The van der Waals surface area contributed by atoms with E-state index in [4.69, 9.17) is 9.31 Å². The summed E-state index contributed by atoms with van der Waals surface area (Å²) in [6.07, 6.45) is -3.16. The smallest absolute Gasteiger partial charge is 0.399 e. The second-order valence-electron chi connectivity index (χ2n) is 9.22. The van der Waals surface area contributed by atoms with E-state index in [1.807, 2.05) is 34.6 Å². The number of alkyl halides is 4. The maximum atomic E-state index is 13.4. The fourth-order valence-corrected chi connectivity index (χ4v) is 3.98. The van der Waals surface area contributed by atoms with Crippen molar-refractivity contribution in [3.05, 3.63) is 41.2 Å². The second kappa shape index (κ2) is 7.31. The van der Waals surface area contributed by atoms with E-state index in [9.17, 15) is 22.4 Å². The molecule has 172 valence electrons. The Balaban J connectivity index is 1.73. The highest BCUT2D eigenvalue weighted by Crippen LogP contribution is 2.38. The van der Waals surface area contributed by atoms with Crippen molar-refractivity contribution in [3.63, 3.8) is 0 Å². The number of carbonyl (C=O) groups excluding carboxylic acids is 1. The van der Waals surface area contributed by atoms with Crippen molar-refractivity contribution in [2.24, 2.45) is 0 Å². The van der Waals surface area contributed by atoms with Crippen LogP contribution in [0.4, 0.5) is 23.2 Å². The van der Waals surface area contributed by atoms with Crippen molar-refractivity contribution < 1.29 is 31.7 Å². The number of anilines is 1. The Morgan fingerprint density at radius 3 is 2.38 bits per heavy atom. The zero-order valence-corrected chi connectivity index (χ0v) is 18.5. The van der Waals surface area contributed by atoms with Crippen LogP contribution in [0.15, 0.2) is 24.4 Å². The molecule has 6 nitrogen and oxygen atoms in total. The number of rotatable bonds is 3. The molecule has 2 aromatic rings. The molecule has 0 N–H and O–H groups in total. The van der Waals surface area contributed by atoms with E-state index in [-0.39, 0.29) is 24.0 Å². The maximum Gasteiger partial charge on any atom is 0.498 e. The van der Waals surface area contributed by atoms with Gasteiger partial charge in [0.25, 0.3) is 5.91 Å². The first-order chi connectivity index (χ1) is 14.8. The average molecular weight is 453 g/mol. The van der Waals surface area contributed by atoms with Crippen LogP contribution < -0.4 is 10.4 Å². The Hall–Kier alpha value is -2.40. The van der Waals surface area contributed by atoms with Gasteiger partial charge >= 0.3 is 13.3 Å². The zero-order chi connectivity index (χ0) is 23.6. The lowest BCUT2D eigenvalue weighted by Gasteiger charge is -2.33. The molecule has 0 spiro atoms. The molecular formula is C21H24BF4N3O3. The molecule has 1 atom stereocenters. The highest BCUT2D eigenvalue weighted by Gasteiger charge is 2.54. The third kappa shape index (κ3) is 3.51. The molecule has 1 saturated heterocycles. The molecule has 11 heteroatoms. The summed E-state index contributed by atoms with van der Waals surface area (Å²) in [5, 5.41) is 4.34. The lowest BCUT2D eigenvalue weighted by atomic mass is 9.78. The first kappa shape index (κ1) is 22.8. The van der Waals surface area contributed by atoms with Gasteiger partial charge in [-0.2, -0.15) is 18.3 Å². The molecule has 2 aliphatic heterocycles. The van der Waals surface area contributed by atoms with Gasteiger partial charge < -0.3 is 14.2 Å². The normalized spacial score (nSPS) is 22.4. The lowest BCUT2D eigenvalue weighted by Crippen LogP contribution is -2.47. The fraction of sp³-hybridized carbons (Fsp3) is 0.524. The van der Waals surface area contributed by atoms with Gasteiger partial charge in [0.2, 0.25) is 0 Å². The van der Waals surface area contributed by atoms with Crippen LogP contribution in [0.3, 0.4) is 0 Å². The number of hydrogen-bond donors (Lipinski definition) is 0. The van der Waals surface area contributed by atoms with Gasteiger partial charge in [-0.1, -0.05) is 0 Å². The van der Waals surface area contributed by atoms with Crippen LogP contribution in [-0.4, -0.2) is 40.6 Å². The van der Waals surface area contributed by atoms with Crippen LogP contribution in [0, 0.1) is 0 Å². The van der Waals surface area contributed by atoms with Crippen molar-refractivity contribution in [3.8, 4) is 0 Å². The minimum atomic E-state index is -4.68. The Morgan fingerprint density at radius 2 is 1.81 bits per heavy atom. The number of amides is 1. The molecule has 0 aliphatic carbocycles. The van der Waals surface area contributed by atoms with Gasteiger partial charge in [0.1, 0.15) is 12.4 Å². The minimum absolute atomic E-state index is 0.174. The predicted octanol–water partition coefficient (Wildman–Crippen LogP) is 3.89. The Bertz CT molecular complexity index is 1050. The average Bonchev–Trinajstić information content (AvgIpc) is 3.22. The maximum absolute atomic E-state index is 13.4. The van der Waals surface area contributed by atoms with E-state index >= 15 is 0 Å². The molecule has 0 unspecified atom stereocenters. The lowest BCUT2D eigenvalue weighted by molar-refractivity contribution is -0.138. The van der Waals surface area contributed by atoms with Crippen LogP contribution in [0.25, 0.3) is 0 Å². The van der Waals surface area contributed by atoms with Gasteiger partial charge in [-0.3, -0.25) is 9.48 Å². The molecule has 2 aliphatic rings. The molecule has 0 radical (unpaired) electrons. The number of benzene rings is 1. The molecule has 32 heavy (non-hydrogen) atoms. The van der Waals surface area contributed by atoms with Crippen molar-refractivity contribution in [2.75, 3.05) is 11.4 Å². The molecule has 1 amide bonds. The van der Waals surface area contributed by atoms with E-state index in [1.165, 1.54) is 17.2 Å². The molecule has 0 saturated carbocycles. The number of nitrogens with zero attached hydrogens (tertiary/aromatic N) is 3. The van der Waals surface area contributed by atoms with Crippen molar-refractivity contribution >= 4 is 24.2 Å². The fourth-order valence-electron chi connectivity index (χ4n) is 3.98. The minimum Gasteiger partial charge on any atom is -0.399 e. The van der Waals surface area contributed by atoms with E-state index in [1.54, 1.807) is 4.68 Å². The second-order valence-corrected chi connectivity index (χ2v) is 9.22. The van der Waals surface area contributed by atoms with Crippen LogP contribution in [0.1, 0.15) is 62.3 Å². The number of carbonyl (C=O) groups is 1. The molecular weight excluding hydrogens is 429 g/mol. The predicted molar refractivity (Wildman–Crippen MR) is 111 cm³/mol. The third-order valence-electron chi connectivity index (χ3n) is 6.49. The van der Waals surface area contributed by atoms with E-state index in [0.717, 1.165) is 12.1 Å². The first-order valence-electron chi connectivity index (χ1n) is 10.3. The molecule has 1 aromatic carbocycles. The standard InChI is InChI=1S/C21H24BF4N3O3/c1-12-11-28(14-6-7-15(21(24,25)26)13(8-14)9-23)18(30)17-16(10-27-29(12)17)22-31-19(2,3)20(4,5)32-22/h6-8,10,12H,9,11H2,1-5H3/t12-/m0/s1. The molecule has 3 heterocycles. The summed E-state index contributed by atoms with van der Waals surface area (Å²) >= 11 is 0. The highest BCUT2D eigenvalue weighted by molar-refractivity contribution is 6.63. The van der Waals surface area contributed by atoms with Crippen molar-refractivity contribution in [1.29, 1.82) is 0 Å². The topological polar surface area (TPSA) is 56.6 Å². The molecule has 1 aromatic heterocycles. The van der Waals surface area contributed by atoms with Gasteiger partial charge in [0, 0.05) is 23.9 Å². The Labute approximate surface area is 183 Å².